The van der Waals surface area contributed by atoms with E-state index in [-0.39, 0.29) is 34.0 Å². The van der Waals surface area contributed by atoms with E-state index >= 15 is 0 Å². The molecule has 1 atom stereocenters. The zero-order chi connectivity index (χ0) is 28.5. The predicted octanol–water partition coefficient (Wildman–Crippen LogP) is 4.61. The van der Waals surface area contributed by atoms with Gasteiger partial charge in [-0.2, -0.15) is 22.0 Å². The third-order valence-corrected chi connectivity index (χ3v) is 8.35. The van der Waals surface area contributed by atoms with Gasteiger partial charge in [0.2, 0.25) is 5.16 Å². The lowest BCUT2D eigenvalue weighted by Crippen LogP contribution is -2.18. The summed E-state index contributed by atoms with van der Waals surface area (Å²) in [5.41, 5.74) is -1.57. The number of benzene rings is 2. The summed E-state index contributed by atoms with van der Waals surface area (Å²) in [5.74, 6) is -0.447. The summed E-state index contributed by atoms with van der Waals surface area (Å²) in [6, 6.07) is 7.51. The highest BCUT2D eigenvalue weighted by Gasteiger charge is 2.34. The number of pyridine rings is 1. The number of nitrogens with zero attached hydrogens (tertiary/aromatic N) is 3. The van der Waals surface area contributed by atoms with Crippen LogP contribution in [0.4, 0.5) is 22.0 Å². The molecule has 0 radical (unpaired) electrons. The fourth-order valence-corrected chi connectivity index (χ4v) is 6.66. The standard InChI is InChI=1S/C23H18F5N3O6S2/c1-35-19-8-9-29-17(20(19)36-2)12-38(32)22-30-16-11-14(37-21(24)25)6-7-18(16)31(22)39(33,34)15-5-3-4-13(10-15)23(26,27)28/h3-11,21H,12H2,1-2H3. The summed E-state index contributed by atoms with van der Waals surface area (Å²) in [6.45, 7) is -3.20. The van der Waals surface area contributed by atoms with Crippen molar-refractivity contribution in [2.75, 3.05) is 14.2 Å². The summed E-state index contributed by atoms with van der Waals surface area (Å²) in [7, 11) is -4.47. The third-order valence-electron chi connectivity index (χ3n) is 5.32. The van der Waals surface area contributed by atoms with Gasteiger partial charge in [0.15, 0.2) is 11.5 Å². The Kier molecular flexibility index (Phi) is 7.79. The molecule has 0 aliphatic rings. The molecule has 0 bridgehead atoms. The van der Waals surface area contributed by atoms with Crippen molar-refractivity contribution < 1.29 is 48.8 Å². The monoisotopic (exact) mass is 591 g/mol. The number of imidazole rings is 1. The smallest absolute Gasteiger partial charge is 0.416 e. The molecule has 1 unspecified atom stereocenters. The third kappa shape index (κ3) is 5.66. The van der Waals surface area contributed by atoms with Gasteiger partial charge in [-0.25, -0.2) is 17.4 Å². The SMILES string of the molecule is COc1ccnc(CS(=O)c2nc3cc(OC(F)F)ccc3n2S(=O)(=O)c2cccc(C(F)(F)F)c2)c1OC. The summed E-state index contributed by atoms with van der Waals surface area (Å²) < 4.78 is 122. The lowest BCUT2D eigenvalue weighted by Gasteiger charge is -2.14. The molecule has 4 rings (SSSR count). The van der Waals surface area contributed by atoms with Gasteiger partial charge in [0.1, 0.15) is 5.75 Å². The van der Waals surface area contributed by atoms with Crippen LogP contribution in [0.1, 0.15) is 11.3 Å². The lowest BCUT2D eigenvalue weighted by atomic mass is 10.2. The van der Waals surface area contributed by atoms with Gasteiger partial charge in [0, 0.05) is 18.3 Å². The van der Waals surface area contributed by atoms with Gasteiger partial charge in [-0.3, -0.25) is 9.19 Å². The number of fused-ring (bicyclic) bond motifs is 1. The zero-order valence-electron chi connectivity index (χ0n) is 20.0. The van der Waals surface area contributed by atoms with Crippen molar-refractivity contribution in [2.45, 2.75) is 28.6 Å². The highest BCUT2D eigenvalue weighted by Crippen LogP contribution is 2.34. The van der Waals surface area contributed by atoms with Crippen LogP contribution in [-0.4, -0.2) is 47.4 Å². The number of methoxy groups -OCH3 is 2. The van der Waals surface area contributed by atoms with Crippen molar-refractivity contribution in [3.05, 3.63) is 66.0 Å². The minimum atomic E-state index is -4.84. The van der Waals surface area contributed by atoms with Crippen LogP contribution >= 0.6 is 0 Å². The van der Waals surface area contributed by atoms with E-state index in [9.17, 15) is 34.6 Å². The molecule has 2 aromatic heterocycles. The number of ether oxygens (including phenoxy) is 3. The largest absolute Gasteiger partial charge is 0.493 e. The van der Waals surface area contributed by atoms with Crippen LogP contribution < -0.4 is 14.2 Å². The topological polar surface area (TPSA) is 110 Å². The molecular weight excluding hydrogens is 573 g/mol. The van der Waals surface area contributed by atoms with Crippen molar-refractivity contribution in [1.82, 2.24) is 13.9 Å². The van der Waals surface area contributed by atoms with Crippen LogP contribution in [-0.2, 0) is 32.8 Å². The molecule has 0 fully saturated rings. The Labute approximate surface area is 220 Å². The Balaban J connectivity index is 1.91. The molecule has 9 nitrogen and oxygen atoms in total. The average Bonchev–Trinajstić information content (AvgIpc) is 3.27. The molecule has 0 amide bonds. The van der Waals surface area contributed by atoms with Crippen LogP contribution in [0.15, 0.2) is 64.8 Å². The lowest BCUT2D eigenvalue weighted by molar-refractivity contribution is -0.137. The second-order valence-electron chi connectivity index (χ2n) is 7.70. The van der Waals surface area contributed by atoms with Gasteiger partial charge >= 0.3 is 12.8 Å². The van der Waals surface area contributed by atoms with Crippen LogP contribution in [0.5, 0.6) is 17.2 Å². The summed E-state index contributed by atoms with van der Waals surface area (Å²) in [6.07, 6.45) is -3.51. The van der Waals surface area contributed by atoms with E-state index in [2.05, 4.69) is 14.7 Å². The summed E-state index contributed by atoms with van der Waals surface area (Å²) in [5, 5.41) is -0.594. The number of alkyl halides is 5. The van der Waals surface area contributed by atoms with E-state index in [1.165, 1.54) is 26.5 Å². The summed E-state index contributed by atoms with van der Waals surface area (Å²) >= 11 is 0. The Morgan fingerprint density at radius 3 is 2.44 bits per heavy atom. The molecular formula is C23H18F5N3O6S2. The van der Waals surface area contributed by atoms with E-state index in [1.54, 1.807) is 0 Å². The van der Waals surface area contributed by atoms with E-state index in [0.29, 0.717) is 16.1 Å². The Morgan fingerprint density at radius 2 is 1.79 bits per heavy atom. The predicted molar refractivity (Wildman–Crippen MR) is 128 cm³/mol. The highest BCUT2D eigenvalue weighted by molar-refractivity contribution is 7.91. The molecule has 0 aliphatic heterocycles. The van der Waals surface area contributed by atoms with Crippen LogP contribution in [0.2, 0.25) is 0 Å². The minimum Gasteiger partial charge on any atom is -0.493 e. The average molecular weight is 592 g/mol. The maximum atomic E-state index is 13.7. The van der Waals surface area contributed by atoms with Crippen molar-refractivity contribution in [3.8, 4) is 17.2 Å². The van der Waals surface area contributed by atoms with Crippen LogP contribution in [0, 0.1) is 0 Å². The second kappa shape index (κ2) is 10.8. The molecule has 0 aliphatic carbocycles. The molecule has 0 saturated heterocycles. The first-order valence-corrected chi connectivity index (χ1v) is 13.5. The van der Waals surface area contributed by atoms with Gasteiger partial charge in [-0.15, -0.1) is 0 Å². The first-order chi connectivity index (χ1) is 18.4. The molecule has 2 aromatic carbocycles. The first kappa shape index (κ1) is 28.2. The van der Waals surface area contributed by atoms with E-state index < -0.39 is 55.0 Å². The quantitative estimate of drug-likeness (QED) is 0.260. The van der Waals surface area contributed by atoms with Crippen LogP contribution in [0.25, 0.3) is 11.0 Å². The fraction of sp³-hybridized carbons (Fsp3) is 0.217. The van der Waals surface area contributed by atoms with E-state index in [0.717, 1.165) is 30.3 Å². The fourth-order valence-electron chi connectivity index (χ4n) is 3.65. The van der Waals surface area contributed by atoms with Crippen LogP contribution in [0.3, 0.4) is 0 Å². The minimum absolute atomic E-state index is 0.104. The maximum absolute atomic E-state index is 13.7. The number of rotatable bonds is 9. The van der Waals surface area contributed by atoms with Crippen molar-refractivity contribution in [3.63, 3.8) is 0 Å². The Bertz CT molecular complexity index is 1660. The normalized spacial score (nSPS) is 13.0. The molecule has 4 aromatic rings. The van der Waals surface area contributed by atoms with Gasteiger partial charge in [-0.05, 0) is 30.3 Å². The van der Waals surface area contributed by atoms with Gasteiger partial charge in [-0.1, -0.05) is 6.07 Å². The second-order valence-corrected chi connectivity index (χ2v) is 10.8. The molecule has 0 saturated carbocycles. The van der Waals surface area contributed by atoms with E-state index in [4.69, 9.17) is 9.47 Å². The number of hydrogen-bond acceptors (Lipinski definition) is 8. The van der Waals surface area contributed by atoms with Gasteiger partial charge in [0.05, 0.1) is 58.0 Å². The molecule has 2 heterocycles. The zero-order valence-corrected chi connectivity index (χ0v) is 21.6. The van der Waals surface area contributed by atoms with Crippen molar-refractivity contribution in [1.29, 1.82) is 0 Å². The maximum Gasteiger partial charge on any atom is 0.416 e. The molecule has 0 spiro atoms. The van der Waals surface area contributed by atoms with E-state index in [1.807, 2.05) is 0 Å². The molecule has 208 valence electrons. The van der Waals surface area contributed by atoms with Gasteiger partial charge in [0.25, 0.3) is 10.0 Å². The molecule has 0 N–H and O–H groups in total. The number of hydrogen-bond donors (Lipinski definition) is 0. The van der Waals surface area contributed by atoms with Crippen molar-refractivity contribution >= 4 is 31.9 Å². The van der Waals surface area contributed by atoms with Crippen molar-refractivity contribution in [2.24, 2.45) is 0 Å². The first-order valence-electron chi connectivity index (χ1n) is 10.7. The Morgan fingerprint density at radius 1 is 1.05 bits per heavy atom. The van der Waals surface area contributed by atoms with Gasteiger partial charge < -0.3 is 14.2 Å². The molecule has 39 heavy (non-hydrogen) atoms. The highest BCUT2D eigenvalue weighted by atomic mass is 32.2. The number of aromatic nitrogens is 3. The molecule has 16 heteroatoms. The Hall–Kier alpha value is -3.79. The summed E-state index contributed by atoms with van der Waals surface area (Å²) in [4.78, 5) is 7.41. The number of halogens is 5.